The Kier molecular flexibility index (Phi) is 7.36. The first-order valence-electron chi connectivity index (χ1n) is 4.53. The third-order valence-corrected chi connectivity index (χ3v) is 2.32. The quantitative estimate of drug-likeness (QED) is 0.359. The molecule has 1 atom stereocenters. The Morgan fingerprint density at radius 3 is 2.57 bits per heavy atom. The van der Waals surface area contributed by atoms with Crippen LogP contribution in [-0.4, -0.2) is 41.4 Å². The van der Waals surface area contributed by atoms with Gasteiger partial charge in [0.05, 0.1) is 6.61 Å². The lowest BCUT2D eigenvalue weighted by molar-refractivity contribution is -0.141. The number of ether oxygens (including phenoxy) is 2. The van der Waals surface area contributed by atoms with E-state index in [-0.39, 0.29) is 12.7 Å². The number of carbonyl (C=O) groups is 1. The molecule has 0 aromatic carbocycles. The van der Waals surface area contributed by atoms with E-state index in [4.69, 9.17) is 13.9 Å². The Morgan fingerprint density at radius 1 is 1.50 bits per heavy atom. The first-order valence-corrected chi connectivity index (χ1v) is 7.31. The Labute approximate surface area is 86.6 Å². The largest absolute Gasteiger partial charge is 0.460 e. The number of hydrogen-bond acceptors (Lipinski definition) is 4. The molecule has 0 aromatic heterocycles. The maximum Gasteiger partial charge on any atom is 0.330 e. The van der Waals surface area contributed by atoms with Gasteiger partial charge in [0.15, 0.2) is 9.04 Å². The first-order chi connectivity index (χ1) is 6.60. The van der Waals surface area contributed by atoms with Gasteiger partial charge in [-0.3, -0.25) is 0 Å². The van der Waals surface area contributed by atoms with E-state index in [1.807, 2.05) is 0 Å². The molecule has 1 unspecified atom stereocenters. The third-order valence-electron chi connectivity index (χ3n) is 1.40. The zero-order chi connectivity index (χ0) is 11.0. The van der Waals surface area contributed by atoms with Crippen LogP contribution < -0.4 is 0 Å². The van der Waals surface area contributed by atoms with Gasteiger partial charge >= 0.3 is 5.97 Å². The van der Waals surface area contributed by atoms with Gasteiger partial charge < -0.3 is 13.9 Å². The second kappa shape index (κ2) is 7.72. The number of carbonyl (C=O) groups excluding carboxylic acids is 1. The van der Waals surface area contributed by atoms with Gasteiger partial charge in [-0.25, -0.2) is 4.79 Å². The molecule has 0 fully saturated rings. The molecule has 0 radical (unpaired) electrons. The summed E-state index contributed by atoms with van der Waals surface area (Å²) >= 11 is 0. The van der Waals surface area contributed by atoms with Crippen molar-refractivity contribution in [1.29, 1.82) is 0 Å². The molecule has 82 valence electrons. The maximum absolute atomic E-state index is 10.8. The number of rotatable bonds is 7. The summed E-state index contributed by atoms with van der Waals surface area (Å²) in [7, 11) is 0.462. The molecule has 0 aromatic rings. The van der Waals surface area contributed by atoms with E-state index < -0.39 is 15.0 Å². The van der Waals surface area contributed by atoms with E-state index in [0.717, 1.165) is 6.08 Å². The van der Waals surface area contributed by atoms with Crippen LogP contribution in [0, 0.1) is 0 Å². The Bertz CT molecular complexity index is 182. The van der Waals surface area contributed by atoms with Gasteiger partial charge in [0.2, 0.25) is 0 Å². The average molecular weight is 218 g/mol. The molecule has 0 saturated carbocycles. The SMILES string of the molecule is C=CC(=O)OCC(COC)O[SiH](C)C. The fraction of sp³-hybridized carbons (Fsp3) is 0.667. The first kappa shape index (κ1) is 13.3. The van der Waals surface area contributed by atoms with Crippen molar-refractivity contribution in [2.75, 3.05) is 20.3 Å². The molecule has 0 bridgehead atoms. The highest BCUT2D eigenvalue weighted by Crippen LogP contribution is 1.98. The molecule has 0 rings (SSSR count). The van der Waals surface area contributed by atoms with Crippen molar-refractivity contribution in [1.82, 2.24) is 0 Å². The van der Waals surface area contributed by atoms with Crippen molar-refractivity contribution in [2.45, 2.75) is 19.2 Å². The van der Waals surface area contributed by atoms with Crippen molar-refractivity contribution >= 4 is 15.0 Å². The summed E-state index contributed by atoms with van der Waals surface area (Å²) in [4.78, 5) is 10.8. The highest BCUT2D eigenvalue weighted by molar-refractivity contribution is 6.48. The Morgan fingerprint density at radius 2 is 2.14 bits per heavy atom. The van der Waals surface area contributed by atoms with Crippen LogP contribution in [0.3, 0.4) is 0 Å². The van der Waals surface area contributed by atoms with E-state index in [1.165, 1.54) is 0 Å². The third kappa shape index (κ3) is 6.82. The van der Waals surface area contributed by atoms with Gasteiger partial charge in [-0.2, -0.15) is 0 Å². The van der Waals surface area contributed by atoms with Gasteiger partial charge in [0.25, 0.3) is 0 Å². The van der Waals surface area contributed by atoms with Gasteiger partial charge in [0.1, 0.15) is 12.7 Å². The van der Waals surface area contributed by atoms with Crippen LogP contribution in [-0.2, 0) is 18.7 Å². The Balaban J connectivity index is 3.83. The minimum absolute atomic E-state index is 0.157. The highest BCUT2D eigenvalue weighted by Gasteiger charge is 2.12. The van der Waals surface area contributed by atoms with Crippen LogP contribution in [0.25, 0.3) is 0 Å². The predicted octanol–water partition coefficient (Wildman–Crippen LogP) is 0.731. The van der Waals surface area contributed by atoms with E-state index in [9.17, 15) is 4.79 Å². The van der Waals surface area contributed by atoms with Crippen LogP contribution in [0.2, 0.25) is 13.1 Å². The second-order valence-electron chi connectivity index (χ2n) is 3.10. The smallest absolute Gasteiger partial charge is 0.330 e. The molecule has 0 amide bonds. The van der Waals surface area contributed by atoms with Crippen LogP contribution in [0.4, 0.5) is 0 Å². The summed E-state index contributed by atoms with van der Waals surface area (Å²) in [5.74, 6) is -0.430. The lowest BCUT2D eigenvalue weighted by atomic mass is 10.4. The topological polar surface area (TPSA) is 44.8 Å². The lowest BCUT2D eigenvalue weighted by Crippen LogP contribution is -2.30. The van der Waals surface area contributed by atoms with Crippen molar-refractivity contribution < 1.29 is 18.7 Å². The van der Waals surface area contributed by atoms with Gasteiger partial charge in [0, 0.05) is 13.2 Å². The number of esters is 1. The standard InChI is InChI=1S/C9H18O4Si/c1-5-9(10)12-7-8(6-11-2)13-14(3)4/h5,8,14H,1,6-7H2,2-4H3. The van der Waals surface area contributed by atoms with Crippen LogP contribution >= 0.6 is 0 Å². The fourth-order valence-electron chi connectivity index (χ4n) is 0.931. The molecule has 14 heavy (non-hydrogen) atoms. The van der Waals surface area contributed by atoms with E-state index in [2.05, 4.69) is 19.7 Å². The Hall–Kier alpha value is -0.653. The van der Waals surface area contributed by atoms with Gasteiger partial charge in [-0.1, -0.05) is 6.58 Å². The summed E-state index contributed by atoms with van der Waals surface area (Å²) in [6.07, 6.45) is 0.979. The van der Waals surface area contributed by atoms with Crippen molar-refractivity contribution in [3.05, 3.63) is 12.7 Å². The fourth-order valence-corrected chi connectivity index (χ4v) is 1.86. The molecule has 0 N–H and O–H groups in total. The molecular weight excluding hydrogens is 200 g/mol. The van der Waals surface area contributed by atoms with Crippen LogP contribution in [0.5, 0.6) is 0 Å². The van der Waals surface area contributed by atoms with E-state index in [1.54, 1.807) is 7.11 Å². The zero-order valence-corrected chi connectivity index (χ0v) is 10.1. The monoisotopic (exact) mass is 218 g/mol. The van der Waals surface area contributed by atoms with Crippen molar-refractivity contribution in [2.24, 2.45) is 0 Å². The summed E-state index contributed by atoms with van der Waals surface area (Å²) in [5, 5.41) is 0. The number of methoxy groups -OCH3 is 1. The van der Waals surface area contributed by atoms with E-state index >= 15 is 0 Å². The highest BCUT2D eigenvalue weighted by atomic mass is 28.3. The number of hydrogen-bond donors (Lipinski definition) is 0. The normalized spacial score (nSPS) is 12.6. The molecular formula is C9H18O4Si. The van der Waals surface area contributed by atoms with Crippen molar-refractivity contribution in [3.63, 3.8) is 0 Å². The minimum Gasteiger partial charge on any atom is -0.460 e. The second-order valence-corrected chi connectivity index (χ2v) is 5.47. The molecule has 0 aliphatic carbocycles. The predicted molar refractivity (Wildman–Crippen MR) is 56.8 cm³/mol. The van der Waals surface area contributed by atoms with E-state index in [0.29, 0.717) is 6.61 Å². The van der Waals surface area contributed by atoms with Crippen molar-refractivity contribution in [3.8, 4) is 0 Å². The lowest BCUT2D eigenvalue weighted by Gasteiger charge is -2.18. The average Bonchev–Trinajstić information content (AvgIpc) is 2.13. The van der Waals surface area contributed by atoms with Crippen LogP contribution in [0.1, 0.15) is 0 Å². The molecule has 0 spiro atoms. The molecule has 5 heteroatoms. The minimum atomic E-state index is -1.13. The molecule has 4 nitrogen and oxygen atoms in total. The molecule has 0 aliphatic heterocycles. The van der Waals surface area contributed by atoms with Crippen LogP contribution in [0.15, 0.2) is 12.7 Å². The molecule has 0 saturated heterocycles. The summed E-state index contributed by atoms with van der Waals surface area (Å²) in [6.45, 7) is 8.08. The maximum atomic E-state index is 10.8. The zero-order valence-electron chi connectivity index (χ0n) is 8.99. The molecule has 0 heterocycles. The summed E-state index contributed by atoms with van der Waals surface area (Å²) < 4.78 is 15.4. The van der Waals surface area contributed by atoms with Gasteiger partial charge in [-0.05, 0) is 13.1 Å². The molecule has 0 aliphatic rings. The summed E-state index contributed by atoms with van der Waals surface area (Å²) in [5.41, 5.74) is 0. The summed E-state index contributed by atoms with van der Waals surface area (Å²) in [6, 6.07) is 0. The van der Waals surface area contributed by atoms with Gasteiger partial charge in [-0.15, -0.1) is 0 Å².